The van der Waals surface area contributed by atoms with Gasteiger partial charge in [0.15, 0.2) is 0 Å². The van der Waals surface area contributed by atoms with E-state index in [1.807, 2.05) is 28.7 Å². The van der Waals surface area contributed by atoms with E-state index in [9.17, 15) is 0 Å². The number of anilines is 1. The van der Waals surface area contributed by atoms with Crippen LogP contribution in [0.3, 0.4) is 0 Å². The molecule has 3 nitrogen and oxygen atoms in total. The van der Waals surface area contributed by atoms with Gasteiger partial charge in [0.05, 0.1) is 16.6 Å². The van der Waals surface area contributed by atoms with Gasteiger partial charge < -0.3 is 5.73 Å². The van der Waals surface area contributed by atoms with E-state index in [2.05, 4.69) is 36.2 Å². The average Bonchev–Trinajstić information content (AvgIpc) is 2.74. The maximum atomic E-state index is 6.15. The molecular formula is C16H13N3. The summed E-state index contributed by atoms with van der Waals surface area (Å²) in [6.45, 7) is 2.14. The second kappa shape index (κ2) is 3.48. The summed E-state index contributed by atoms with van der Waals surface area (Å²) in [5.74, 6) is 0.540. The van der Waals surface area contributed by atoms with Crippen LogP contribution in [0.2, 0.25) is 0 Å². The van der Waals surface area contributed by atoms with Crippen LogP contribution in [-0.4, -0.2) is 9.38 Å². The summed E-state index contributed by atoms with van der Waals surface area (Å²) in [5.41, 5.74) is 10.6. The summed E-state index contributed by atoms with van der Waals surface area (Å²) < 4.78 is 2.05. The van der Waals surface area contributed by atoms with Crippen LogP contribution in [0.1, 0.15) is 5.56 Å². The number of hydrogen-bond acceptors (Lipinski definition) is 2. The first-order chi connectivity index (χ1) is 9.27. The van der Waals surface area contributed by atoms with E-state index in [0.717, 1.165) is 21.9 Å². The molecule has 0 aliphatic heterocycles. The SMILES string of the molecule is Cc1c2ccccc2n2c(N)nc3ccccc3c12. The van der Waals surface area contributed by atoms with Crippen molar-refractivity contribution in [3.05, 3.63) is 54.1 Å². The number of hydrogen-bond donors (Lipinski definition) is 1. The monoisotopic (exact) mass is 247 g/mol. The fraction of sp³-hybridized carbons (Fsp3) is 0.0625. The average molecular weight is 247 g/mol. The molecule has 2 aromatic carbocycles. The molecule has 0 saturated heterocycles. The van der Waals surface area contributed by atoms with Gasteiger partial charge in [-0.1, -0.05) is 36.4 Å². The third kappa shape index (κ3) is 1.24. The van der Waals surface area contributed by atoms with Crippen molar-refractivity contribution >= 4 is 33.3 Å². The quantitative estimate of drug-likeness (QED) is 0.516. The van der Waals surface area contributed by atoms with Crippen LogP contribution in [0.15, 0.2) is 48.5 Å². The lowest BCUT2D eigenvalue weighted by Gasteiger charge is -2.06. The standard InChI is InChI=1S/C16H13N3/c1-10-11-6-3-5-9-14(11)19-15(10)12-7-2-4-8-13(12)18-16(19)17/h2-9H,1H3,(H2,17,18). The van der Waals surface area contributed by atoms with Crippen molar-refractivity contribution in [2.24, 2.45) is 0 Å². The zero-order valence-corrected chi connectivity index (χ0v) is 10.6. The lowest BCUT2D eigenvalue weighted by molar-refractivity contribution is 1.18. The number of rotatable bonds is 0. The highest BCUT2D eigenvalue weighted by Crippen LogP contribution is 2.32. The molecule has 0 aliphatic rings. The Bertz CT molecular complexity index is 935. The van der Waals surface area contributed by atoms with Crippen LogP contribution in [0.4, 0.5) is 5.95 Å². The molecule has 0 spiro atoms. The lowest BCUT2D eigenvalue weighted by atomic mass is 10.1. The van der Waals surface area contributed by atoms with E-state index < -0.39 is 0 Å². The van der Waals surface area contributed by atoms with E-state index >= 15 is 0 Å². The summed E-state index contributed by atoms with van der Waals surface area (Å²) in [5, 5.41) is 2.37. The van der Waals surface area contributed by atoms with E-state index in [4.69, 9.17) is 5.73 Å². The summed E-state index contributed by atoms with van der Waals surface area (Å²) >= 11 is 0. The van der Waals surface area contributed by atoms with Gasteiger partial charge in [-0.05, 0) is 24.6 Å². The van der Waals surface area contributed by atoms with Crippen LogP contribution >= 0.6 is 0 Å². The molecule has 4 rings (SSSR count). The zero-order valence-electron chi connectivity index (χ0n) is 10.6. The Morgan fingerprint density at radius 3 is 2.47 bits per heavy atom. The second-order valence-corrected chi connectivity index (χ2v) is 4.81. The summed E-state index contributed by atoms with van der Waals surface area (Å²) in [4.78, 5) is 4.51. The Kier molecular flexibility index (Phi) is 1.90. The van der Waals surface area contributed by atoms with E-state index in [1.54, 1.807) is 0 Å². The number of nitrogen functional groups attached to an aromatic ring is 1. The highest BCUT2D eigenvalue weighted by Gasteiger charge is 2.13. The number of fused-ring (bicyclic) bond motifs is 5. The Morgan fingerprint density at radius 1 is 0.947 bits per heavy atom. The number of benzene rings is 2. The summed E-state index contributed by atoms with van der Waals surface area (Å²) in [6.07, 6.45) is 0. The molecule has 0 radical (unpaired) electrons. The number of aryl methyl sites for hydroxylation is 1. The Labute approximate surface area is 110 Å². The van der Waals surface area contributed by atoms with Crippen LogP contribution in [0, 0.1) is 6.92 Å². The van der Waals surface area contributed by atoms with Crippen LogP contribution in [0.25, 0.3) is 27.3 Å². The number of nitrogens with two attached hydrogens (primary N) is 1. The Morgan fingerprint density at radius 2 is 1.63 bits per heavy atom. The van der Waals surface area contributed by atoms with Gasteiger partial charge in [0.25, 0.3) is 0 Å². The first-order valence-corrected chi connectivity index (χ1v) is 6.31. The number of para-hydroxylation sites is 2. The fourth-order valence-corrected chi connectivity index (χ4v) is 2.91. The largest absolute Gasteiger partial charge is 0.369 e. The lowest BCUT2D eigenvalue weighted by Crippen LogP contribution is -2.00. The van der Waals surface area contributed by atoms with Gasteiger partial charge >= 0.3 is 0 Å². The summed E-state index contributed by atoms with van der Waals surface area (Å²) in [6, 6.07) is 16.4. The first kappa shape index (κ1) is 10.4. The van der Waals surface area contributed by atoms with Crippen molar-refractivity contribution in [2.45, 2.75) is 6.92 Å². The number of nitrogens with zero attached hydrogens (tertiary/aromatic N) is 2. The smallest absolute Gasteiger partial charge is 0.205 e. The molecule has 2 aromatic heterocycles. The molecule has 2 N–H and O–H groups in total. The minimum atomic E-state index is 0.540. The van der Waals surface area contributed by atoms with Gasteiger partial charge in [-0.25, -0.2) is 4.98 Å². The molecule has 19 heavy (non-hydrogen) atoms. The predicted molar refractivity (Wildman–Crippen MR) is 79.4 cm³/mol. The second-order valence-electron chi connectivity index (χ2n) is 4.81. The first-order valence-electron chi connectivity index (χ1n) is 6.31. The van der Waals surface area contributed by atoms with Gasteiger partial charge in [0.1, 0.15) is 0 Å². The fourth-order valence-electron chi connectivity index (χ4n) is 2.91. The summed E-state index contributed by atoms with van der Waals surface area (Å²) in [7, 11) is 0. The van der Waals surface area contributed by atoms with Crippen molar-refractivity contribution < 1.29 is 0 Å². The molecule has 0 bridgehead atoms. The molecule has 3 heteroatoms. The van der Waals surface area contributed by atoms with E-state index in [-0.39, 0.29) is 0 Å². The maximum Gasteiger partial charge on any atom is 0.205 e. The topological polar surface area (TPSA) is 43.3 Å². The van der Waals surface area contributed by atoms with Crippen LogP contribution in [-0.2, 0) is 0 Å². The van der Waals surface area contributed by atoms with Gasteiger partial charge in [-0.2, -0.15) is 0 Å². The van der Waals surface area contributed by atoms with Crippen molar-refractivity contribution in [2.75, 3.05) is 5.73 Å². The minimum Gasteiger partial charge on any atom is -0.369 e. The van der Waals surface area contributed by atoms with Crippen LogP contribution in [0.5, 0.6) is 0 Å². The third-order valence-electron chi connectivity index (χ3n) is 3.75. The number of aromatic nitrogens is 2. The highest BCUT2D eigenvalue weighted by atomic mass is 15.1. The van der Waals surface area contributed by atoms with Gasteiger partial charge in [-0.3, -0.25) is 4.40 Å². The molecule has 4 aromatic rings. The molecule has 92 valence electrons. The molecule has 0 aliphatic carbocycles. The molecule has 0 fully saturated rings. The van der Waals surface area contributed by atoms with E-state index in [1.165, 1.54) is 10.9 Å². The molecule has 0 atom stereocenters. The highest BCUT2D eigenvalue weighted by molar-refractivity contribution is 6.05. The maximum absolute atomic E-state index is 6.15. The van der Waals surface area contributed by atoms with Crippen molar-refractivity contribution in [3.8, 4) is 0 Å². The molecule has 2 heterocycles. The van der Waals surface area contributed by atoms with E-state index in [0.29, 0.717) is 5.95 Å². The van der Waals surface area contributed by atoms with Gasteiger partial charge in [0, 0.05) is 10.8 Å². The Balaban J connectivity index is 2.43. The van der Waals surface area contributed by atoms with Gasteiger partial charge in [-0.15, -0.1) is 0 Å². The normalized spacial score (nSPS) is 11.6. The molecule has 0 unspecified atom stereocenters. The third-order valence-corrected chi connectivity index (χ3v) is 3.75. The van der Waals surface area contributed by atoms with Gasteiger partial charge in [0.2, 0.25) is 5.95 Å². The molecule has 0 amide bonds. The van der Waals surface area contributed by atoms with Crippen molar-refractivity contribution in [1.29, 1.82) is 0 Å². The zero-order chi connectivity index (χ0) is 13.0. The molecular weight excluding hydrogens is 234 g/mol. The predicted octanol–water partition coefficient (Wildman–Crippen LogP) is 3.53. The van der Waals surface area contributed by atoms with Crippen LogP contribution < -0.4 is 5.73 Å². The minimum absolute atomic E-state index is 0.540. The molecule has 0 saturated carbocycles. The Hall–Kier alpha value is -2.55. The van der Waals surface area contributed by atoms with Crippen molar-refractivity contribution in [1.82, 2.24) is 9.38 Å². The van der Waals surface area contributed by atoms with Crippen molar-refractivity contribution in [3.63, 3.8) is 0 Å².